The van der Waals surface area contributed by atoms with Crippen molar-refractivity contribution in [2.24, 2.45) is 0 Å². The minimum Gasteiger partial charge on any atom is -0.508 e. The summed E-state index contributed by atoms with van der Waals surface area (Å²) < 4.78 is 27.5. The van der Waals surface area contributed by atoms with Crippen molar-refractivity contribution in [3.8, 4) is 40.1 Å². The maximum Gasteiger partial charge on any atom is 0.238 e. The molecule has 0 radical (unpaired) electrons. The Hall–Kier alpha value is -3.71. The zero-order valence-electron chi connectivity index (χ0n) is 22.3. The molecule has 0 aliphatic carbocycles. The maximum atomic E-state index is 12.9. The lowest BCUT2D eigenvalue weighted by molar-refractivity contribution is -0.350. The molecule has 10 atom stereocenters. The summed E-state index contributed by atoms with van der Waals surface area (Å²) in [7, 11) is 0. The third-order valence-corrected chi connectivity index (χ3v) is 7.35. The van der Waals surface area contributed by atoms with Gasteiger partial charge in [-0.05, 0) is 31.2 Å². The van der Waals surface area contributed by atoms with Gasteiger partial charge in [-0.3, -0.25) is 4.79 Å². The zero-order chi connectivity index (χ0) is 31.3. The van der Waals surface area contributed by atoms with Crippen LogP contribution in [0.2, 0.25) is 0 Å². The Morgan fingerprint density at radius 1 is 0.814 bits per heavy atom. The third-order valence-electron chi connectivity index (χ3n) is 7.35. The highest BCUT2D eigenvalue weighted by molar-refractivity contribution is 5.93. The Balaban J connectivity index is 1.46. The van der Waals surface area contributed by atoms with Crippen molar-refractivity contribution >= 4 is 11.0 Å². The lowest BCUT2D eigenvalue weighted by atomic mass is 9.97. The summed E-state index contributed by atoms with van der Waals surface area (Å²) in [5.41, 5.74) is -1.56. The van der Waals surface area contributed by atoms with E-state index >= 15 is 0 Å². The Morgan fingerprint density at radius 2 is 1.49 bits per heavy atom. The van der Waals surface area contributed by atoms with Gasteiger partial charge in [0.05, 0.1) is 12.7 Å². The topological polar surface area (TPSA) is 269 Å². The zero-order valence-corrected chi connectivity index (χ0v) is 22.3. The van der Waals surface area contributed by atoms with Crippen LogP contribution in [0.5, 0.6) is 28.7 Å². The van der Waals surface area contributed by atoms with E-state index in [1.54, 1.807) is 0 Å². The van der Waals surface area contributed by atoms with Gasteiger partial charge in [0.25, 0.3) is 0 Å². The largest absolute Gasteiger partial charge is 0.508 e. The first-order chi connectivity index (χ1) is 20.3. The van der Waals surface area contributed by atoms with Gasteiger partial charge in [0, 0.05) is 11.6 Å². The van der Waals surface area contributed by atoms with Gasteiger partial charge >= 0.3 is 0 Å². The molecule has 2 saturated heterocycles. The predicted octanol–water partition coefficient (Wildman–Crippen LogP) is -1.69. The number of hydrogen-bond acceptors (Lipinski definition) is 16. The second-order valence-corrected chi connectivity index (χ2v) is 10.2. The highest BCUT2D eigenvalue weighted by Gasteiger charge is 2.50. The summed E-state index contributed by atoms with van der Waals surface area (Å²) in [5.74, 6) is -3.58. The molecule has 5 rings (SSSR count). The van der Waals surface area contributed by atoms with Crippen LogP contribution in [-0.4, -0.2) is 119 Å². The van der Waals surface area contributed by atoms with Gasteiger partial charge in [-0.2, -0.15) is 0 Å². The van der Waals surface area contributed by atoms with Crippen molar-refractivity contribution in [2.45, 2.75) is 68.3 Å². The average Bonchev–Trinajstić information content (AvgIpc) is 2.98. The summed E-state index contributed by atoms with van der Waals surface area (Å²) in [6, 6.07) is 5.97. The van der Waals surface area contributed by atoms with E-state index in [1.807, 2.05) is 0 Å². The van der Waals surface area contributed by atoms with Crippen LogP contribution in [0.3, 0.4) is 0 Å². The molecule has 2 aliphatic rings. The number of rotatable bonds is 6. The molecule has 234 valence electrons. The van der Waals surface area contributed by atoms with Crippen LogP contribution in [0.15, 0.2) is 39.5 Å². The van der Waals surface area contributed by atoms with Crippen molar-refractivity contribution < 1.29 is 74.4 Å². The SMILES string of the molecule is C[C@@H]1O[C@@H](Oc2cc(O)c3c(=O)c(O)c(-c4ccc(O)cc4)oc3c2O)[C@H](O)[C@H](O[C@@H]2O[C@H](CO)[C@@H](O)[C@H](O)[C@H]2O)[C@H]1O. The second kappa shape index (κ2) is 11.8. The number of phenolic OH excluding ortho intramolecular Hbond substituents is 3. The van der Waals surface area contributed by atoms with Crippen molar-refractivity contribution in [1.82, 2.24) is 0 Å². The van der Waals surface area contributed by atoms with Gasteiger partial charge < -0.3 is 74.4 Å². The summed E-state index contributed by atoms with van der Waals surface area (Å²) in [6.45, 7) is 0.624. The Labute approximate surface area is 241 Å². The lowest BCUT2D eigenvalue weighted by Gasteiger charge is -2.45. The first-order valence-corrected chi connectivity index (χ1v) is 13.0. The molecule has 16 nitrogen and oxygen atoms in total. The first-order valence-electron chi connectivity index (χ1n) is 13.0. The predicted molar refractivity (Wildman–Crippen MR) is 140 cm³/mol. The molecule has 0 amide bonds. The van der Waals surface area contributed by atoms with Gasteiger partial charge in [-0.15, -0.1) is 0 Å². The van der Waals surface area contributed by atoms with E-state index in [2.05, 4.69) is 0 Å². The number of benzene rings is 2. The van der Waals surface area contributed by atoms with Gasteiger partial charge in [0.2, 0.25) is 23.2 Å². The van der Waals surface area contributed by atoms with Gasteiger partial charge in [-0.1, -0.05) is 0 Å². The lowest BCUT2D eigenvalue weighted by Crippen LogP contribution is -2.64. The summed E-state index contributed by atoms with van der Waals surface area (Å²) in [5, 5.41) is 102. The number of ether oxygens (including phenoxy) is 4. The number of fused-ring (bicyclic) bond motifs is 1. The second-order valence-electron chi connectivity index (χ2n) is 10.2. The number of aliphatic hydroxyl groups excluding tert-OH is 6. The van der Waals surface area contributed by atoms with Crippen LogP contribution in [0.25, 0.3) is 22.3 Å². The Kier molecular flexibility index (Phi) is 8.41. The maximum absolute atomic E-state index is 12.9. The van der Waals surface area contributed by atoms with Gasteiger partial charge in [0.1, 0.15) is 59.6 Å². The van der Waals surface area contributed by atoms with E-state index in [0.29, 0.717) is 0 Å². The molecule has 0 bridgehead atoms. The molecule has 10 N–H and O–H groups in total. The Morgan fingerprint density at radius 3 is 2.14 bits per heavy atom. The highest BCUT2D eigenvalue weighted by Crippen LogP contribution is 2.43. The van der Waals surface area contributed by atoms with E-state index in [4.69, 9.17) is 23.4 Å². The molecule has 0 unspecified atom stereocenters. The molecule has 3 heterocycles. The normalized spacial score (nSPS) is 33.0. The van der Waals surface area contributed by atoms with E-state index < -0.39 is 113 Å². The molecular formula is C27H30O16. The first kappa shape index (κ1) is 30.7. The Bertz CT molecular complexity index is 1520. The van der Waals surface area contributed by atoms with Gasteiger partial charge in [-0.25, -0.2) is 0 Å². The van der Waals surface area contributed by atoms with Crippen molar-refractivity contribution in [2.75, 3.05) is 6.61 Å². The molecule has 2 aliphatic heterocycles. The summed E-state index contributed by atoms with van der Waals surface area (Å²) in [6.07, 6.45) is -16.3. The molecule has 16 heteroatoms. The molecule has 43 heavy (non-hydrogen) atoms. The highest BCUT2D eigenvalue weighted by atomic mass is 16.7. The molecule has 2 fully saturated rings. The summed E-state index contributed by atoms with van der Waals surface area (Å²) >= 11 is 0. The van der Waals surface area contributed by atoms with E-state index in [0.717, 1.165) is 6.07 Å². The number of aromatic hydroxyl groups is 4. The van der Waals surface area contributed by atoms with Crippen molar-refractivity contribution in [1.29, 1.82) is 0 Å². The molecule has 1 aromatic heterocycles. The fourth-order valence-corrected chi connectivity index (χ4v) is 4.92. The molecule has 2 aromatic carbocycles. The van der Waals surface area contributed by atoms with Crippen molar-refractivity contribution in [3.05, 3.63) is 40.6 Å². The van der Waals surface area contributed by atoms with E-state index in [1.165, 1.54) is 31.2 Å². The molecular weight excluding hydrogens is 580 g/mol. The smallest absolute Gasteiger partial charge is 0.238 e. The van der Waals surface area contributed by atoms with Crippen LogP contribution in [0, 0.1) is 0 Å². The standard InChI is InChI=1S/C27H30O16/c1-8-15(31)25(43-26-21(37)19(35)16(32)13(7-28)41-26)22(38)27(39-8)40-12-6-11(30)14-18(34)20(36)23(42-24(14)17(12)33)9-2-4-10(29)5-3-9/h2-6,8,13,15-16,19,21-22,25-33,35-38H,7H2,1H3/t8-,13+,15-,16+,19-,21+,22+,25+,26-,27-/m0/s1. The monoisotopic (exact) mass is 610 g/mol. The third kappa shape index (κ3) is 5.44. The summed E-state index contributed by atoms with van der Waals surface area (Å²) in [4.78, 5) is 12.9. The molecule has 3 aromatic rings. The van der Waals surface area contributed by atoms with Crippen molar-refractivity contribution in [3.63, 3.8) is 0 Å². The number of hydrogen-bond donors (Lipinski definition) is 10. The van der Waals surface area contributed by atoms with E-state index in [-0.39, 0.29) is 11.3 Å². The average molecular weight is 611 g/mol. The number of aliphatic hydroxyl groups is 6. The fraction of sp³-hybridized carbons (Fsp3) is 0.444. The van der Waals surface area contributed by atoms with Gasteiger partial charge in [0.15, 0.2) is 23.4 Å². The number of phenols is 3. The minimum absolute atomic E-state index is 0.109. The van der Waals surface area contributed by atoms with Crippen LogP contribution >= 0.6 is 0 Å². The van der Waals surface area contributed by atoms with Crippen LogP contribution < -0.4 is 10.2 Å². The quantitative estimate of drug-likeness (QED) is 0.140. The molecule has 0 spiro atoms. The van der Waals surface area contributed by atoms with Crippen LogP contribution in [0.4, 0.5) is 0 Å². The van der Waals surface area contributed by atoms with Crippen LogP contribution in [-0.2, 0) is 14.2 Å². The fourth-order valence-electron chi connectivity index (χ4n) is 4.92. The van der Waals surface area contributed by atoms with E-state index in [9.17, 15) is 55.9 Å². The molecule has 0 saturated carbocycles. The minimum atomic E-state index is -1.88. The van der Waals surface area contributed by atoms with Crippen LogP contribution in [0.1, 0.15) is 6.92 Å².